The summed E-state index contributed by atoms with van der Waals surface area (Å²) in [5.74, 6) is -0.283. The van der Waals surface area contributed by atoms with Crippen LogP contribution in [-0.2, 0) is 4.74 Å². The first-order valence-corrected chi connectivity index (χ1v) is 7.34. The Balaban J connectivity index is 2.06. The lowest BCUT2D eigenvalue weighted by Gasteiger charge is -2.33. The number of hydrogen-bond donors (Lipinski definition) is 1. The van der Waals surface area contributed by atoms with E-state index >= 15 is 0 Å². The number of piperidine rings is 1. The van der Waals surface area contributed by atoms with Gasteiger partial charge in [-0.15, -0.1) is 0 Å². The highest BCUT2D eigenvalue weighted by molar-refractivity contribution is 5.90. The minimum atomic E-state index is -0.454. The Morgan fingerprint density at radius 2 is 2.10 bits per heavy atom. The van der Waals surface area contributed by atoms with E-state index in [-0.39, 0.29) is 11.9 Å². The maximum Gasteiger partial charge on any atom is 0.337 e. The van der Waals surface area contributed by atoms with Gasteiger partial charge in [0.2, 0.25) is 0 Å². The summed E-state index contributed by atoms with van der Waals surface area (Å²) in [5.41, 5.74) is 0.723. The predicted molar refractivity (Wildman–Crippen MR) is 81.0 cm³/mol. The SMILES string of the molecule is COC(=O)c1ccc(F)c(NC(C)C2CCN(C)CC2)c1. The van der Waals surface area contributed by atoms with Crippen LogP contribution in [0.2, 0.25) is 0 Å². The topological polar surface area (TPSA) is 41.6 Å². The summed E-state index contributed by atoms with van der Waals surface area (Å²) in [6.07, 6.45) is 2.20. The first-order chi connectivity index (χ1) is 10.0. The van der Waals surface area contributed by atoms with Crippen LogP contribution in [0.25, 0.3) is 0 Å². The third-order valence-electron chi connectivity index (χ3n) is 4.24. The fourth-order valence-corrected chi connectivity index (χ4v) is 2.77. The number of nitrogens with zero attached hydrogens (tertiary/aromatic N) is 1. The molecule has 1 aromatic rings. The van der Waals surface area contributed by atoms with E-state index in [1.165, 1.54) is 25.3 Å². The van der Waals surface area contributed by atoms with Crippen molar-refractivity contribution in [1.29, 1.82) is 0 Å². The second-order valence-electron chi connectivity index (χ2n) is 5.76. The lowest BCUT2D eigenvalue weighted by molar-refractivity contribution is 0.0600. The summed E-state index contributed by atoms with van der Waals surface area (Å²) >= 11 is 0. The molecular formula is C16H23FN2O2. The Morgan fingerprint density at radius 3 is 2.71 bits per heavy atom. The molecule has 0 amide bonds. The van der Waals surface area contributed by atoms with E-state index in [1.54, 1.807) is 0 Å². The van der Waals surface area contributed by atoms with Gasteiger partial charge in [-0.1, -0.05) is 0 Å². The van der Waals surface area contributed by atoms with E-state index in [0.717, 1.165) is 25.9 Å². The van der Waals surface area contributed by atoms with Crippen LogP contribution in [0.3, 0.4) is 0 Å². The van der Waals surface area contributed by atoms with Crippen LogP contribution < -0.4 is 5.32 Å². The highest BCUT2D eigenvalue weighted by Gasteiger charge is 2.23. The molecule has 5 heteroatoms. The van der Waals surface area contributed by atoms with Crippen molar-refractivity contribution in [3.8, 4) is 0 Å². The molecule has 0 aromatic heterocycles. The number of hydrogen-bond acceptors (Lipinski definition) is 4. The van der Waals surface area contributed by atoms with Gasteiger partial charge in [-0.3, -0.25) is 0 Å². The number of rotatable bonds is 4. The van der Waals surface area contributed by atoms with Crippen LogP contribution in [0.4, 0.5) is 10.1 Å². The lowest BCUT2D eigenvalue weighted by atomic mass is 9.90. The molecule has 1 atom stereocenters. The number of esters is 1. The first-order valence-electron chi connectivity index (χ1n) is 7.34. The number of benzene rings is 1. The van der Waals surface area contributed by atoms with Crippen molar-refractivity contribution in [2.45, 2.75) is 25.8 Å². The van der Waals surface area contributed by atoms with Crippen molar-refractivity contribution in [2.75, 3.05) is 32.6 Å². The zero-order valence-electron chi connectivity index (χ0n) is 12.9. The minimum Gasteiger partial charge on any atom is -0.465 e. The van der Waals surface area contributed by atoms with Crippen LogP contribution in [0, 0.1) is 11.7 Å². The van der Waals surface area contributed by atoms with Crippen LogP contribution in [0.15, 0.2) is 18.2 Å². The van der Waals surface area contributed by atoms with E-state index < -0.39 is 5.97 Å². The average molecular weight is 294 g/mol. The summed E-state index contributed by atoms with van der Waals surface area (Å²) in [6.45, 7) is 4.21. The Bertz CT molecular complexity index is 499. The number of anilines is 1. The van der Waals surface area contributed by atoms with E-state index in [2.05, 4.69) is 28.9 Å². The van der Waals surface area contributed by atoms with E-state index in [9.17, 15) is 9.18 Å². The zero-order valence-corrected chi connectivity index (χ0v) is 12.9. The van der Waals surface area contributed by atoms with Gasteiger partial charge in [-0.05, 0) is 64.0 Å². The zero-order chi connectivity index (χ0) is 15.4. The largest absolute Gasteiger partial charge is 0.465 e. The van der Waals surface area contributed by atoms with Crippen LogP contribution in [0.1, 0.15) is 30.1 Å². The fourth-order valence-electron chi connectivity index (χ4n) is 2.77. The summed E-state index contributed by atoms with van der Waals surface area (Å²) < 4.78 is 18.6. The molecule has 4 nitrogen and oxygen atoms in total. The molecule has 21 heavy (non-hydrogen) atoms. The smallest absolute Gasteiger partial charge is 0.337 e. The second-order valence-corrected chi connectivity index (χ2v) is 5.76. The van der Waals surface area contributed by atoms with Gasteiger partial charge in [-0.25, -0.2) is 9.18 Å². The normalized spacial score (nSPS) is 18.3. The minimum absolute atomic E-state index is 0.168. The average Bonchev–Trinajstić information content (AvgIpc) is 2.49. The molecule has 0 bridgehead atoms. The van der Waals surface area contributed by atoms with Crippen LogP contribution in [0.5, 0.6) is 0 Å². The van der Waals surface area contributed by atoms with Gasteiger partial charge in [0.15, 0.2) is 0 Å². The van der Waals surface area contributed by atoms with Gasteiger partial charge < -0.3 is 15.0 Å². The van der Waals surface area contributed by atoms with Crippen LogP contribution >= 0.6 is 0 Å². The van der Waals surface area contributed by atoms with Gasteiger partial charge in [0, 0.05) is 6.04 Å². The van der Waals surface area contributed by atoms with E-state index in [1.807, 2.05) is 0 Å². The standard InChI is InChI=1S/C16H23FN2O2/c1-11(12-6-8-19(2)9-7-12)18-15-10-13(16(20)21-3)4-5-14(15)17/h4-5,10-12,18H,6-9H2,1-3H3. The maximum atomic E-state index is 13.9. The number of halogens is 1. The molecule has 0 aliphatic carbocycles. The van der Waals surface area contributed by atoms with Crippen molar-refractivity contribution < 1.29 is 13.9 Å². The molecule has 0 saturated carbocycles. The molecule has 1 aliphatic rings. The summed E-state index contributed by atoms with van der Waals surface area (Å²) in [7, 11) is 3.44. The Morgan fingerprint density at radius 1 is 1.43 bits per heavy atom. The molecule has 1 aliphatic heterocycles. The molecule has 116 valence electrons. The molecule has 1 saturated heterocycles. The first kappa shape index (κ1) is 15.8. The van der Waals surface area contributed by atoms with Crippen molar-refractivity contribution in [3.05, 3.63) is 29.6 Å². The van der Waals surface area contributed by atoms with Gasteiger partial charge in [-0.2, -0.15) is 0 Å². The summed E-state index contributed by atoms with van der Waals surface area (Å²) in [4.78, 5) is 13.8. The van der Waals surface area contributed by atoms with Gasteiger partial charge in [0.1, 0.15) is 5.82 Å². The van der Waals surface area contributed by atoms with Crippen molar-refractivity contribution in [2.24, 2.45) is 5.92 Å². The molecule has 1 fully saturated rings. The van der Waals surface area contributed by atoms with Crippen molar-refractivity contribution in [3.63, 3.8) is 0 Å². The number of likely N-dealkylation sites (tertiary alicyclic amines) is 1. The van der Waals surface area contributed by atoms with Gasteiger partial charge in [0.05, 0.1) is 18.4 Å². The lowest BCUT2D eigenvalue weighted by Crippen LogP contribution is -2.37. The number of carbonyl (C=O) groups is 1. The van der Waals surface area contributed by atoms with Crippen molar-refractivity contribution >= 4 is 11.7 Å². The Kier molecular flexibility index (Phi) is 5.17. The molecule has 1 N–H and O–H groups in total. The van der Waals surface area contributed by atoms with Gasteiger partial charge >= 0.3 is 5.97 Å². The number of carbonyl (C=O) groups excluding carboxylic acids is 1. The third kappa shape index (κ3) is 3.94. The molecule has 2 rings (SSSR count). The molecule has 1 unspecified atom stereocenters. The van der Waals surface area contributed by atoms with Crippen molar-refractivity contribution in [1.82, 2.24) is 4.90 Å². The predicted octanol–water partition coefficient (Wildman–Crippen LogP) is 2.75. The number of methoxy groups -OCH3 is 1. The Labute approximate surface area is 125 Å². The molecule has 1 heterocycles. The quantitative estimate of drug-likeness (QED) is 0.867. The highest BCUT2D eigenvalue weighted by atomic mass is 19.1. The molecular weight excluding hydrogens is 271 g/mol. The number of nitrogens with one attached hydrogen (secondary N) is 1. The second kappa shape index (κ2) is 6.89. The fraction of sp³-hybridized carbons (Fsp3) is 0.562. The highest BCUT2D eigenvalue weighted by Crippen LogP contribution is 2.24. The molecule has 0 radical (unpaired) electrons. The Hall–Kier alpha value is -1.62. The van der Waals surface area contributed by atoms with Gasteiger partial charge in [0.25, 0.3) is 0 Å². The summed E-state index contributed by atoms with van der Waals surface area (Å²) in [5, 5.41) is 3.21. The van der Waals surface area contributed by atoms with E-state index in [0.29, 0.717) is 17.2 Å². The number of ether oxygens (including phenoxy) is 1. The van der Waals surface area contributed by atoms with Crippen LogP contribution in [-0.4, -0.2) is 44.2 Å². The third-order valence-corrected chi connectivity index (χ3v) is 4.24. The summed E-state index contributed by atoms with van der Waals surface area (Å²) in [6, 6.07) is 4.43. The molecule has 1 aromatic carbocycles. The maximum absolute atomic E-state index is 13.9. The monoisotopic (exact) mass is 294 g/mol. The molecule has 0 spiro atoms. The van der Waals surface area contributed by atoms with E-state index in [4.69, 9.17) is 0 Å².